The van der Waals surface area contributed by atoms with Gasteiger partial charge in [0.25, 0.3) is 6.43 Å². The van der Waals surface area contributed by atoms with Crippen molar-refractivity contribution in [3.63, 3.8) is 0 Å². The summed E-state index contributed by atoms with van der Waals surface area (Å²) in [6.07, 6.45) is -4.62. The molecular weight excluding hydrogens is 258 g/mol. The standard InChI is InChI=1S/C13H16F2O4/c1-3-19-13(17)10(12(14)15)11(16)8-4-6-9(18-2)7-5-8/h4-7,10-12,16H,3H2,1-2H3. The first kappa shape index (κ1) is 15.4. The van der Waals surface area contributed by atoms with E-state index in [1.807, 2.05) is 0 Å². The van der Waals surface area contributed by atoms with Crippen LogP contribution in [0.4, 0.5) is 8.78 Å². The summed E-state index contributed by atoms with van der Waals surface area (Å²) in [4.78, 5) is 11.4. The van der Waals surface area contributed by atoms with Gasteiger partial charge in [-0.1, -0.05) is 12.1 Å². The number of carbonyl (C=O) groups excluding carboxylic acids is 1. The summed E-state index contributed by atoms with van der Waals surface area (Å²) in [6, 6.07) is 5.90. The normalized spacial score (nSPS) is 14.0. The molecule has 0 spiro atoms. The minimum atomic E-state index is -3.00. The van der Waals surface area contributed by atoms with Crippen LogP contribution < -0.4 is 4.74 Å². The minimum Gasteiger partial charge on any atom is -0.497 e. The molecular formula is C13H16F2O4. The monoisotopic (exact) mass is 274 g/mol. The number of benzene rings is 1. The fourth-order valence-corrected chi connectivity index (χ4v) is 1.62. The first-order chi connectivity index (χ1) is 9.01. The van der Waals surface area contributed by atoms with Crippen molar-refractivity contribution >= 4 is 5.97 Å². The van der Waals surface area contributed by atoms with Crippen LogP contribution in [-0.2, 0) is 9.53 Å². The largest absolute Gasteiger partial charge is 0.497 e. The highest BCUT2D eigenvalue weighted by Gasteiger charge is 2.37. The highest BCUT2D eigenvalue weighted by molar-refractivity contribution is 5.74. The molecule has 6 heteroatoms. The molecule has 1 N–H and O–H groups in total. The SMILES string of the molecule is CCOC(=O)C(C(F)F)C(O)c1ccc(OC)cc1. The number of methoxy groups -OCH3 is 1. The lowest BCUT2D eigenvalue weighted by atomic mass is 9.96. The van der Waals surface area contributed by atoms with Gasteiger partial charge in [0.15, 0.2) is 0 Å². The maximum Gasteiger partial charge on any atom is 0.317 e. The smallest absolute Gasteiger partial charge is 0.317 e. The summed E-state index contributed by atoms with van der Waals surface area (Å²) < 4.78 is 35.2. The third-order valence-corrected chi connectivity index (χ3v) is 2.63. The number of aliphatic hydroxyl groups excluding tert-OH is 1. The molecule has 0 fully saturated rings. The van der Waals surface area contributed by atoms with Crippen LogP contribution >= 0.6 is 0 Å². The quantitative estimate of drug-likeness (QED) is 0.808. The topological polar surface area (TPSA) is 55.8 Å². The van der Waals surface area contributed by atoms with Crippen molar-refractivity contribution < 1.29 is 28.2 Å². The van der Waals surface area contributed by atoms with Crippen LogP contribution in [0.5, 0.6) is 5.75 Å². The molecule has 0 heterocycles. The molecule has 2 unspecified atom stereocenters. The van der Waals surface area contributed by atoms with Crippen molar-refractivity contribution in [3.05, 3.63) is 29.8 Å². The molecule has 0 aliphatic rings. The number of hydrogen-bond acceptors (Lipinski definition) is 4. The van der Waals surface area contributed by atoms with Crippen molar-refractivity contribution in [2.45, 2.75) is 19.5 Å². The number of aliphatic hydroxyl groups is 1. The van der Waals surface area contributed by atoms with Gasteiger partial charge in [-0.05, 0) is 24.6 Å². The molecule has 0 amide bonds. The molecule has 4 nitrogen and oxygen atoms in total. The van der Waals surface area contributed by atoms with E-state index < -0.39 is 24.4 Å². The Kier molecular flexibility index (Phi) is 5.69. The fourth-order valence-electron chi connectivity index (χ4n) is 1.62. The molecule has 19 heavy (non-hydrogen) atoms. The Bertz CT molecular complexity index is 406. The van der Waals surface area contributed by atoms with Gasteiger partial charge in [0, 0.05) is 0 Å². The predicted molar refractivity (Wildman–Crippen MR) is 64.1 cm³/mol. The van der Waals surface area contributed by atoms with E-state index in [1.165, 1.54) is 38.3 Å². The molecule has 0 aromatic heterocycles. The molecule has 2 atom stereocenters. The zero-order valence-electron chi connectivity index (χ0n) is 10.7. The molecule has 0 radical (unpaired) electrons. The minimum absolute atomic E-state index is 0.0165. The van der Waals surface area contributed by atoms with Gasteiger partial charge in [0.05, 0.1) is 19.8 Å². The number of esters is 1. The van der Waals surface area contributed by atoms with Crippen LogP contribution in [0.15, 0.2) is 24.3 Å². The number of carbonyl (C=O) groups is 1. The highest BCUT2D eigenvalue weighted by Crippen LogP contribution is 2.29. The molecule has 0 aliphatic carbocycles. The van der Waals surface area contributed by atoms with E-state index in [0.29, 0.717) is 5.75 Å². The average molecular weight is 274 g/mol. The Morgan fingerprint density at radius 1 is 1.32 bits per heavy atom. The van der Waals surface area contributed by atoms with Gasteiger partial charge in [-0.25, -0.2) is 8.78 Å². The summed E-state index contributed by atoms with van der Waals surface area (Å²) in [5.74, 6) is -2.48. The van der Waals surface area contributed by atoms with Crippen molar-refractivity contribution in [1.29, 1.82) is 0 Å². The average Bonchev–Trinajstić information content (AvgIpc) is 2.38. The molecule has 0 bridgehead atoms. The van der Waals surface area contributed by atoms with Gasteiger partial charge in [-0.15, -0.1) is 0 Å². The van der Waals surface area contributed by atoms with Crippen molar-refractivity contribution in [2.75, 3.05) is 13.7 Å². The molecule has 0 aliphatic heterocycles. The van der Waals surface area contributed by atoms with E-state index in [1.54, 1.807) is 0 Å². The number of alkyl halides is 2. The van der Waals surface area contributed by atoms with Gasteiger partial charge < -0.3 is 14.6 Å². The Balaban J connectivity index is 2.91. The Morgan fingerprint density at radius 3 is 2.32 bits per heavy atom. The van der Waals surface area contributed by atoms with Gasteiger partial charge >= 0.3 is 5.97 Å². The van der Waals surface area contributed by atoms with Crippen LogP contribution in [0.1, 0.15) is 18.6 Å². The lowest BCUT2D eigenvalue weighted by Gasteiger charge is -2.21. The van der Waals surface area contributed by atoms with Crippen LogP contribution in [-0.4, -0.2) is 31.2 Å². The van der Waals surface area contributed by atoms with Crippen molar-refractivity contribution in [3.8, 4) is 5.75 Å². The Hall–Kier alpha value is -1.69. The van der Waals surface area contributed by atoms with Crippen LogP contribution in [0.2, 0.25) is 0 Å². The lowest BCUT2D eigenvalue weighted by Crippen LogP contribution is -2.30. The predicted octanol–water partition coefficient (Wildman–Crippen LogP) is 2.17. The third-order valence-electron chi connectivity index (χ3n) is 2.63. The third kappa shape index (κ3) is 3.89. The maximum atomic E-state index is 12.9. The number of hydrogen-bond donors (Lipinski definition) is 1. The number of halogens is 2. The first-order valence-corrected chi connectivity index (χ1v) is 5.78. The van der Waals surface area contributed by atoms with E-state index in [-0.39, 0.29) is 12.2 Å². The van der Waals surface area contributed by atoms with Crippen LogP contribution in [0, 0.1) is 5.92 Å². The maximum absolute atomic E-state index is 12.9. The highest BCUT2D eigenvalue weighted by atomic mass is 19.3. The second kappa shape index (κ2) is 7.04. The van der Waals surface area contributed by atoms with Crippen molar-refractivity contribution in [1.82, 2.24) is 0 Å². The molecule has 1 aromatic rings. The van der Waals surface area contributed by atoms with Crippen molar-refractivity contribution in [2.24, 2.45) is 5.92 Å². The summed E-state index contributed by atoms with van der Waals surface area (Å²) in [6.45, 7) is 1.50. The van der Waals surface area contributed by atoms with Crippen LogP contribution in [0.25, 0.3) is 0 Å². The van der Waals surface area contributed by atoms with E-state index in [2.05, 4.69) is 4.74 Å². The zero-order valence-corrected chi connectivity index (χ0v) is 10.7. The van der Waals surface area contributed by atoms with E-state index in [0.717, 1.165) is 0 Å². The second-order valence-electron chi connectivity index (χ2n) is 3.83. The van der Waals surface area contributed by atoms with E-state index in [9.17, 15) is 18.7 Å². The Labute approximate surface area is 109 Å². The summed E-state index contributed by atoms with van der Waals surface area (Å²) in [7, 11) is 1.46. The van der Waals surface area contributed by atoms with E-state index >= 15 is 0 Å². The molecule has 106 valence electrons. The van der Waals surface area contributed by atoms with Gasteiger partial charge in [0.1, 0.15) is 11.7 Å². The van der Waals surface area contributed by atoms with Gasteiger partial charge in [-0.2, -0.15) is 0 Å². The second-order valence-corrected chi connectivity index (χ2v) is 3.83. The zero-order chi connectivity index (χ0) is 14.4. The molecule has 1 aromatic carbocycles. The van der Waals surface area contributed by atoms with Gasteiger partial charge in [0.2, 0.25) is 0 Å². The Morgan fingerprint density at radius 2 is 1.89 bits per heavy atom. The number of ether oxygens (including phenoxy) is 2. The van der Waals surface area contributed by atoms with Gasteiger partial charge in [-0.3, -0.25) is 4.79 Å². The summed E-state index contributed by atoms with van der Waals surface area (Å²) in [5, 5.41) is 9.89. The summed E-state index contributed by atoms with van der Waals surface area (Å²) >= 11 is 0. The fraction of sp³-hybridized carbons (Fsp3) is 0.462. The number of rotatable bonds is 6. The first-order valence-electron chi connectivity index (χ1n) is 5.78. The molecule has 0 saturated carbocycles. The lowest BCUT2D eigenvalue weighted by molar-refractivity contribution is -0.160. The molecule has 1 rings (SSSR count). The van der Waals surface area contributed by atoms with Crippen LogP contribution in [0.3, 0.4) is 0 Å². The van der Waals surface area contributed by atoms with E-state index in [4.69, 9.17) is 4.74 Å². The molecule has 0 saturated heterocycles. The summed E-state index contributed by atoms with van der Waals surface area (Å²) in [5.41, 5.74) is 0.208.